The van der Waals surface area contributed by atoms with Crippen LogP contribution in [0.15, 0.2) is 57.6 Å². The van der Waals surface area contributed by atoms with Gasteiger partial charge in [-0.3, -0.25) is 9.59 Å². The maximum absolute atomic E-state index is 13.0. The van der Waals surface area contributed by atoms with E-state index in [2.05, 4.69) is 37.7 Å². The van der Waals surface area contributed by atoms with Crippen molar-refractivity contribution in [3.63, 3.8) is 0 Å². The van der Waals surface area contributed by atoms with Crippen LogP contribution in [0.25, 0.3) is 0 Å². The summed E-state index contributed by atoms with van der Waals surface area (Å²) >= 11 is 0. The SMILES string of the molecule is [2H]C([2H])([2H])OC1=C(OC([2H])([2H])[2H])C(=O)C(CC=C(C)CCC=C(C)CCC=C(C)C)=C(C)C1=O. The monoisotopic (exact) mass is 392 g/mol. The second-order valence-electron chi connectivity index (χ2n) is 7.29. The van der Waals surface area contributed by atoms with Crippen LogP contribution in [-0.4, -0.2) is 25.6 Å². The molecule has 4 heteroatoms. The minimum atomic E-state index is -3.06. The van der Waals surface area contributed by atoms with Crippen molar-refractivity contribution in [1.82, 2.24) is 0 Å². The summed E-state index contributed by atoms with van der Waals surface area (Å²) < 4.78 is 52.9. The molecule has 0 amide bonds. The smallest absolute Gasteiger partial charge is 0.228 e. The molecular weight excluding hydrogens is 352 g/mol. The Labute approximate surface area is 178 Å². The maximum Gasteiger partial charge on any atom is 0.228 e. The van der Waals surface area contributed by atoms with Gasteiger partial charge in [0, 0.05) is 11.1 Å². The van der Waals surface area contributed by atoms with Crippen LogP contribution in [0.1, 0.15) is 74.9 Å². The van der Waals surface area contributed by atoms with Crippen LogP contribution in [0.2, 0.25) is 0 Å². The van der Waals surface area contributed by atoms with E-state index in [0.29, 0.717) is 0 Å². The average molecular weight is 393 g/mol. The molecule has 0 bridgehead atoms. The van der Waals surface area contributed by atoms with Gasteiger partial charge in [0.05, 0.1) is 22.3 Å². The van der Waals surface area contributed by atoms with E-state index in [4.69, 9.17) is 13.0 Å². The summed E-state index contributed by atoms with van der Waals surface area (Å²) in [5.74, 6) is -3.56. The minimum absolute atomic E-state index is 0.00112. The Morgan fingerprint density at radius 2 is 1.39 bits per heavy atom. The Morgan fingerprint density at radius 1 is 0.857 bits per heavy atom. The molecule has 0 N–H and O–H groups in total. The van der Waals surface area contributed by atoms with Crippen LogP contribution in [0.5, 0.6) is 0 Å². The zero-order chi connectivity index (χ0) is 26.3. The van der Waals surface area contributed by atoms with E-state index in [1.54, 1.807) is 6.08 Å². The zero-order valence-electron chi connectivity index (χ0n) is 23.4. The normalized spacial score (nSPS) is 20.0. The molecule has 0 spiro atoms. The molecule has 0 aromatic heterocycles. The second kappa shape index (κ2) is 11.5. The summed E-state index contributed by atoms with van der Waals surface area (Å²) in [5, 5.41) is 0. The van der Waals surface area contributed by atoms with Gasteiger partial charge in [-0.2, -0.15) is 0 Å². The van der Waals surface area contributed by atoms with Crippen molar-refractivity contribution < 1.29 is 27.3 Å². The van der Waals surface area contributed by atoms with Gasteiger partial charge in [-0.1, -0.05) is 34.9 Å². The molecule has 0 saturated carbocycles. The summed E-state index contributed by atoms with van der Waals surface area (Å²) in [6, 6.07) is 0. The van der Waals surface area contributed by atoms with Gasteiger partial charge in [0.2, 0.25) is 23.1 Å². The lowest BCUT2D eigenvalue weighted by Crippen LogP contribution is -2.24. The van der Waals surface area contributed by atoms with Gasteiger partial charge in [0.15, 0.2) is 0 Å². The van der Waals surface area contributed by atoms with Crippen LogP contribution in [0.3, 0.4) is 0 Å². The van der Waals surface area contributed by atoms with Crippen LogP contribution < -0.4 is 0 Å². The first-order valence-corrected chi connectivity index (χ1v) is 9.38. The summed E-state index contributed by atoms with van der Waals surface area (Å²) in [4.78, 5) is 25.7. The Kier molecular flexibility index (Phi) is 6.37. The zero-order valence-corrected chi connectivity index (χ0v) is 17.4. The number of ketones is 2. The molecule has 1 aliphatic carbocycles. The molecule has 0 heterocycles. The molecule has 0 radical (unpaired) electrons. The van der Waals surface area contributed by atoms with E-state index in [0.717, 1.165) is 31.3 Å². The van der Waals surface area contributed by atoms with E-state index in [-0.39, 0.29) is 17.6 Å². The number of ether oxygens (including phenoxy) is 2. The Morgan fingerprint density at radius 3 is 1.96 bits per heavy atom. The van der Waals surface area contributed by atoms with Crippen molar-refractivity contribution in [2.45, 2.75) is 66.7 Å². The van der Waals surface area contributed by atoms with Gasteiger partial charge in [-0.05, 0) is 66.7 Å². The van der Waals surface area contributed by atoms with Crippen LogP contribution >= 0.6 is 0 Å². The van der Waals surface area contributed by atoms with E-state index in [1.807, 2.05) is 6.92 Å². The van der Waals surface area contributed by atoms with Crippen LogP contribution in [0.4, 0.5) is 0 Å². The van der Waals surface area contributed by atoms with Crippen molar-refractivity contribution in [3.05, 3.63) is 57.6 Å². The van der Waals surface area contributed by atoms with E-state index < -0.39 is 37.2 Å². The van der Waals surface area contributed by atoms with Gasteiger partial charge >= 0.3 is 0 Å². The summed E-state index contributed by atoms with van der Waals surface area (Å²) in [6.07, 6.45) is 9.86. The van der Waals surface area contributed by atoms with Crippen molar-refractivity contribution in [2.75, 3.05) is 14.1 Å². The molecule has 0 saturated heterocycles. The predicted octanol–water partition coefficient (Wildman–Crippen LogP) is 5.77. The molecule has 28 heavy (non-hydrogen) atoms. The predicted molar refractivity (Wildman–Crippen MR) is 114 cm³/mol. The molecule has 0 atom stereocenters. The number of hydrogen-bond donors (Lipinski definition) is 0. The highest BCUT2D eigenvalue weighted by Gasteiger charge is 2.33. The molecule has 0 unspecified atom stereocenters. The van der Waals surface area contributed by atoms with Crippen LogP contribution in [0, 0.1) is 0 Å². The van der Waals surface area contributed by atoms with Gasteiger partial charge in [0.1, 0.15) is 0 Å². The first kappa shape index (κ1) is 15.5. The lowest BCUT2D eigenvalue weighted by Gasteiger charge is -2.19. The average Bonchev–Trinajstić information content (AvgIpc) is 2.67. The van der Waals surface area contributed by atoms with E-state index in [1.165, 1.54) is 18.1 Å². The van der Waals surface area contributed by atoms with Gasteiger partial charge in [-0.15, -0.1) is 0 Å². The van der Waals surface area contributed by atoms with Crippen LogP contribution in [-0.2, 0) is 19.1 Å². The molecule has 4 nitrogen and oxygen atoms in total. The molecular formula is C24H34O4. The Bertz CT molecular complexity index is 939. The first-order valence-electron chi connectivity index (χ1n) is 12.4. The number of allylic oxidation sites excluding steroid dienone is 8. The fraction of sp³-hybridized carbons (Fsp3) is 0.500. The lowest BCUT2D eigenvalue weighted by molar-refractivity contribution is -0.121. The first-order chi connectivity index (χ1) is 15.5. The standard InChI is InChI=1S/C24H34O4/c1-16(2)10-8-11-17(3)12-9-13-18(4)14-15-20-19(5)21(25)23(27-6)24(28-7)22(20)26/h10,12,14H,8-9,11,13,15H2,1-7H3/i6D3,7D3. The molecule has 0 aromatic carbocycles. The lowest BCUT2D eigenvalue weighted by atomic mass is 9.90. The van der Waals surface area contributed by atoms with E-state index >= 15 is 0 Å². The van der Waals surface area contributed by atoms with Crippen molar-refractivity contribution in [3.8, 4) is 0 Å². The number of Topliss-reactive ketones (excluding diaryl/α,β-unsaturated/α-hetero) is 2. The largest absolute Gasteiger partial charge is 0.489 e. The Hall–Kier alpha value is -2.36. The maximum atomic E-state index is 13.0. The summed E-state index contributed by atoms with van der Waals surface area (Å²) in [5.41, 5.74) is 3.65. The highest BCUT2D eigenvalue weighted by atomic mass is 16.5. The summed E-state index contributed by atoms with van der Waals surface area (Å²) in [7, 11) is -6.12. The second-order valence-corrected chi connectivity index (χ2v) is 7.29. The molecule has 0 fully saturated rings. The summed E-state index contributed by atoms with van der Waals surface area (Å²) in [6.45, 7) is 9.53. The highest BCUT2D eigenvalue weighted by Crippen LogP contribution is 2.28. The third-order valence-corrected chi connectivity index (χ3v) is 4.67. The fourth-order valence-electron chi connectivity index (χ4n) is 2.87. The molecule has 0 aromatic rings. The number of methoxy groups -OCH3 is 2. The molecule has 0 aliphatic heterocycles. The number of rotatable bonds is 10. The number of carbonyl (C=O) groups is 2. The number of hydrogen-bond acceptors (Lipinski definition) is 4. The number of carbonyl (C=O) groups excluding carboxylic acids is 2. The van der Waals surface area contributed by atoms with Gasteiger partial charge in [0.25, 0.3) is 0 Å². The molecule has 1 rings (SSSR count). The third kappa shape index (κ3) is 6.66. The quantitative estimate of drug-likeness (QED) is 0.350. The third-order valence-electron chi connectivity index (χ3n) is 4.67. The fourth-order valence-corrected chi connectivity index (χ4v) is 2.87. The minimum Gasteiger partial charge on any atom is -0.489 e. The molecule has 1 aliphatic rings. The van der Waals surface area contributed by atoms with Crippen molar-refractivity contribution >= 4 is 11.6 Å². The van der Waals surface area contributed by atoms with Gasteiger partial charge in [-0.25, -0.2) is 0 Å². The Balaban J connectivity index is 2.98. The van der Waals surface area contributed by atoms with Gasteiger partial charge < -0.3 is 9.47 Å². The van der Waals surface area contributed by atoms with E-state index in [9.17, 15) is 9.59 Å². The topological polar surface area (TPSA) is 52.6 Å². The highest BCUT2D eigenvalue weighted by molar-refractivity contribution is 6.23. The van der Waals surface area contributed by atoms with Crippen molar-refractivity contribution in [2.24, 2.45) is 0 Å². The van der Waals surface area contributed by atoms with Crippen molar-refractivity contribution in [1.29, 1.82) is 0 Å². The molecule has 154 valence electrons.